The summed E-state index contributed by atoms with van der Waals surface area (Å²) in [7, 11) is 0. The summed E-state index contributed by atoms with van der Waals surface area (Å²) < 4.78 is 10.7. The molecule has 1 aliphatic rings. The molecule has 2 atom stereocenters. The fourth-order valence-electron chi connectivity index (χ4n) is 1.46. The highest BCUT2D eigenvalue weighted by atomic mass is 16.5. The Morgan fingerprint density at radius 2 is 2.29 bits per heavy atom. The standard InChI is InChI=1S/C12H23NO4/c1-9-7-17-10(6-13-9)4-5-16-11(15)12(2,3)8-14/h9-10,13-14H,4-8H2,1-3H3/t9-,10?/m1/s1. The van der Waals surface area contributed by atoms with Crippen LogP contribution in [0.3, 0.4) is 0 Å². The van der Waals surface area contributed by atoms with Gasteiger partial charge in [0.25, 0.3) is 0 Å². The maximum atomic E-state index is 11.6. The molecule has 0 amide bonds. The number of esters is 1. The Bertz CT molecular complexity index is 247. The average Bonchev–Trinajstić information content (AvgIpc) is 2.31. The van der Waals surface area contributed by atoms with Crippen LogP contribution in [-0.4, -0.2) is 49.6 Å². The predicted octanol–water partition coefficient (Wildman–Crippen LogP) is 0.315. The lowest BCUT2D eigenvalue weighted by Crippen LogP contribution is -2.45. The fraction of sp³-hybridized carbons (Fsp3) is 0.917. The summed E-state index contributed by atoms with van der Waals surface area (Å²) in [5, 5.41) is 12.3. The van der Waals surface area contributed by atoms with E-state index < -0.39 is 5.41 Å². The van der Waals surface area contributed by atoms with Gasteiger partial charge < -0.3 is 19.9 Å². The van der Waals surface area contributed by atoms with Crippen LogP contribution in [0.15, 0.2) is 0 Å². The second kappa shape index (κ2) is 6.33. The summed E-state index contributed by atoms with van der Waals surface area (Å²) in [6, 6.07) is 0.391. The Morgan fingerprint density at radius 3 is 2.82 bits per heavy atom. The maximum absolute atomic E-state index is 11.6. The van der Waals surface area contributed by atoms with Crippen LogP contribution in [0, 0.1) is 5.41 Å². The number of carbonyl (C=O) groups excluding carboxylic acids is 1. The van der Waals surface area contributed by atoms with Gasteiger partial charge in [0, 0.05) is 19.0 Å². The monoisotopic (exact) mass is 245 g/mol. The number of ether oxygens (including phenoxy) is 2. The molecule has 5 nitrogen and oxygen atoms in total. The van der Waals surface area contributed by atoms with Crippen molar-refractivity contribution >= 4 is 5.97 Å². The predicted molar refractivity (Wildman–Crippen MR) is 63.6 cm³/mol. The lowest BCUT2D eigenvalue weighted by atomic mass is 9.95. The Kier molecular flexibility index (Phi) is 5.36. The molecule has 17 heavy (non-hydrogen) atoms. The summed E-state index contributed by atoms with van der Waals surface area (Å²) in [4.78, 5) is 11.6. The van der Waals surface area contributed by atoms with Crippen molar-refractivity contribution < 1.29 is 19.4 Å². The molecule has 0 aromatic heterocycles. The summed E-state index contributed by atoms with van der Waals surface area (Å²) in [5.41, 5.74) is -0.819. The van der Waals surface area contributed by atoms with E-state index in [-0.39, 0.29) is 18.7 Å². The Morgan fingerprint density at radius 1 is 1.59 bits per heavy atom. The number of aliphatic hydroxyl groups excluding tert-OH is 1. The van der Waals surface area contributed by atoms with Gasteiger partial charge in [-0.25, -0.2) is 0 Å². The van der Waals surface area contributed by atoms with E-state index >= 15 is 0 Å². The molecule has 2 N–H and O–H groups in total. The van der Waals surface area contributed by atoms with Crippen LogP contribution in [0.4, 0.5) is 0 Å². The minimum atomic E-state index is -0.819. The SMILES string of the molecule is C[C@@H]1COC(CCOC(=O)C(C)(C)CO)CN1. The molecule has 0 saturated carbocycles. The molecule has 0 aliphatic carbocycles. The van der Waals surface area contributed by atoms with Gasteiger partial charge in [0.1, 0.15) is 0 Å². The molecule has 0 aromatic carbocycles. The molecule has 5 heteroatoms. The van der Waals surface area contributed by atoms with Gasteiger partial charge in [-0.2, -0.15) is 0 Å². The molecule has 0 aromatic rings. The zero-order valence-corrected chi connectivity index (χ0v) is 10.9. The molecule has 1 rings (SSSR count). The minimum absolute atomic E-state index is 0.108. The van der Waals surface area contributed by atoms with E-state index in [1.54, 1.807) is 13.8 Å². The summed E-state index contributed by atoms with van der Waals surface area (Å²) in [6.07, 6.45) is 0.795. The van der Waals surface area contributed by atoms with Gasteiger partial charge in [-0.1, -0.05) is 0 Å². The third-order valence-corrected chi connectivity index (χ3v) is 2.90. The molecule has 0 radical (unpaired) electrons. The first kappa shape index (κ1) is 14.4. The van der Waals surface area contributed by atoms with E-state index in [9.17, 15) is 4.79 Å². The summed E-state index contributed by atoms with van der Waals surface area (Å²) in [6.45, 7) is 7.02. The molecular formula is C12H23NO4. The molecule has 1 aliphatic heterocycles. The van der Waals surface area contributed by atoms with Crippen LogP contribution in [0.1, 0.15) is 27.2 Å². The van der Waals surface area contributed by atoms with Crippen molar-refractivity contribution in [2.75, 3.05) is 26.4 Å². The van der Waals surface area contributed by atoms with Gasteiger partial charge in [0.2, 0.25) is 0 Å². The van der Waals surface area contributed by atoms with Crippen molar-refractivity contribution in [2.24, 2.45) is 5.41 Å². The topological polar surface area (TPSA) is 67.8 Å². The highest BCUT2D eigenvalue weighted by Crippen LogP contribution is 2.16. The lowest BCUT2D eigenvalue weighted by molar-refractivity contribution is -0.157. The molecule has 1 heterocycles. The number of nitrogens with one attached hydrogen (secondary N) is 1. The van der Waals surface area contributed by atoms with E-state index in [1.165, 1.54) is 0 Å². The highest BCUT2D eigenvalue weighted by molar-refractivity contribution is 5.75. The lowest BCUT2D eigenvalue weighted by Gasteiger charge is -2.28. The first-order valence-electron chi connectivity index (χ1n) is 6.09. The number of rotatable bonds is 5. The average molecular weight is 245 g/mol. The quantitative estimate of drug-likeness (QED) is 0.683. The smallest absolute Gasteiger partial charge is 0.313 e. The number of carbonyl (C=O) groups is 1. The molecule has 1 fully saturated rings. The van der Waals surface area contributed by atoms with Crippen LogP contribution in [0.2, 0.25) is 0 Å². The van der Waals surface area contributed by atoms with Crippen molar-refractivity contribution in [1.82, 2.24) is 5.32 Å². The number of morpholine rings is 1. The zero-order chi connectivity index (χ0) is 12.9. The van der Waals surface area contributed by atoms with Gasteiger partial charge >= 0.3 is 5.97 Å². The normalized spacial score (nSPS) is 25.6. The third kappa shape index (κ3) is 4.61. The van der Waals surface area contributed by atoms with Gasteiger partial charge in [0.05, 0.1) is 31.3 Å². The van der Waals surface area contributed by atoms with E-state index in [0.717, 1.165) is 6.54 Å². The van der Waals surface area contributed by atoms with Crippen molar-refractivity contribution in [2.45, 2.75) is 39.3 Å². The molecule has 100 valence electrons. The number of aliphatic hydroxyl groups is 1. The van der Waals surface area contributed by atoms with E-state index in [0.29, 0.717) is 25.7 Å². The first-order chi connectivity index (χ1) is 7.95. The third-order valence-electron chi connectivity index (χ3n) is 2.90. The molecular weight excluding hydrogens is 222 g/mol. The van der Waals surface area contributed by atoms with Gasteiger partial charge in [-0.3, -0.25) is 4.79 Å². The second-order valence-corrected chi connectivity index (χ2v) is 5.23. The largest absolute Gasteiger partial charge is 0.465 e. The molecule has 1 unspecified atom stereocenters. The second-order valence-electron chi connectivity index (χ2n) is 5.23. The van der Waals surface area contributed by atoms with Crippen molar-refractivity contribution in [3.8, 4) is 0 Å². The number of hydrogen-bond acceptors (Lipinski definition) is 5. The summed E-state index contributed by atoms with van der Waals surface area (Å²) >= 11 is 0. The maximum Gasteiger partial charge on any atom is 0.313 e. The molecule has 0 spiro atoms. The van der Waals surface area contributed by atoms with Gasteiger partial charge in [-0.05, 0) is 20.8 Å². The Hall–Kier alpha value is -0.650. The van der Waals surface area contributed by atoms with Gasteiger partial charge in [0.15, 0.2) is 0 Å². The van der Waals surface area contributed by atoms with Crippen molar-refractivity contribution in [1.29, 1.82) is 0 Å². The van der Waals surface area contributed by atoms with Crippen molar-refractivity contribution in [3.63, 3.8) is 0 Å². The minimum Gasteiger partial charge on any atom is -0.465 e. The number of hydrogen-bond donors (Lipinski definition) is 2. The van der Waals surface area contributed by atoms with Gasteiger partial charge in [-0.15, -0.1) is 0 Å². The zero-order valence-electron chi connectivity index (χ0n) is 10.9. The Labute approximate surface area is 102 Å². The molecule has 1 saturated heterocycles. The van der Waals surface area contributed by atoms with E-state index in [2.05, 4.69) is 12.2 Å². The molecule has 0 bridgehead atoms. The van der Waals surface area contributed by atoms with E-state index in [4.69, 9.17) is 14.6 Å². The van der Waals surface area contributed by atoms with Crippen molar-refractivity contribution in [3.05, 3.63) is 0 Å². The van der Waals surface area contributed by atoms with Crippen LogP contribution < -0.4 is 5.32 Å². The van der Waals surface area contributed by atoms with Crippen LogP contribution in [0.5, 0.6) is 0 Å². The van der Waals surface area contributed by atoms with Crippen LogP contribution in [-0.2, 0) is 14.3 Å². The first-order valence-corrected chi connectivity index (χ1v) is 6.09. The van der Waals surface area contributed by atoms with Crippen LogP contribution in [0.25, 0.3) is 0 Å². The highest BCUT2D eigenvalue weighted by Gasteiger charge is 2.28. The van der Waals surface area contributed by atoms with Crippen LogP contribution >= 0.6 is 0 Å². The van der Waals surface area contributed by atoms with E-state index in [1.807, 2.05) is 0 Å². The fourth-order valence-corrected chi connectivity index (χ4v) is 1.46. The summed E-state index contributed by atoms with van der Waals surface area (Å²) in [5.74, 6) is -0.364. The Balaban J connectivity index is 2.18.